The minimum Gasteiger partial charge on any atom is -0.468 e. The minimum absolute atomic E-state index is 0.264. The third kappa shape index (κ3) is 4.98. The minimum atomic E-state index is -0.425. The van der Waals surface area contributed by atoms with Crippen LogP contribution in [-0.2, 0) is 9.53 Å². The molecule has 0 aliphatic heterocycles. The number of anilines is 2. The molecule has 9 heteroatoms. The number of nitrogens with zero attached hydrogens (tertiary/aromatic N) is 4. The summed E-state index contributed by atoms with van der Waals surface area (Å²) in [7, 11) is 5.08. The number of esters is 1. The van der Waals surface area contributed by atoms with Crippen LogP contribution in [-0.4, -0.2) is 53.1 Å². The second-order valence-electron chi connectivity index (χ2n) is 6.67. The van der Waals surface area contributed by atoms with E-state index < -0.39 is 5.25 Å². The average molecular weight is 426 g/mol. The van der Waals surface area contributed by atoms with Gasteiger partial charge in [0, 0.05) is 24.7 Å². The van der Waals surface area contributed by atoms with Gasteiger partial charge in [0.15, 0.2) is 0 Å². The molecular weight excluding hydrogens is 402 g/mol. The lowest BCUT2D eigenvalue weighted by Crippen LogP contribution is -2.17. The van der Waals surface area contributed by atoms with E-state index in [4.69, 9.17) is 4.74 Å². The Bertz CT molecular complexity index is 1050. The normalized spacial score (nSPS) is 11.6. The number of rotatable bonds is 7. The highest BCUT2D eigenvalue weighted by Gasteiger charge is 2.19. The van der Waals surface area contributed by atoms with Crippen molar-refractivity contribution in [2.75, 3.05) is 31.4 Å². The Morgan fingerprint density at radius 2 is 1.93 bits per heavy atom. The van der Waals surface area contributed by atoms with Crippen LogP contribution in [0.3, 0.4) is 0 Å². The fourth-order valence-electron chi connectivity index (χ4n) is 2.67. The monoisotopic (exact) mass is 425 g/mol. The van der Waals surface area contributed by atoms with Crippen LogP contribution in [0.4, 0.5) is 11.6 Å². The maximum absolute atomic E-state index is 12.9. The Balaban J connectivity index is 1.79. The fraction of sp³-hybridized carbons (Fsp3) is 0.238. The summed E-state index contributed by atoms with van der Waals surface area (Å²) in [5.74, 6) is -0.0113. The van der Waals surface area contributed by atoms with Crippen molar-refractivity contribution in [1.29, 1.82) is 0 Å². The topological polar surface area (TPSA) is 89.3 Å². The van der Waals surface area contributed by atoms with Crippen molar-refractivity contribution in [2.45, 2.75) is 17.1 Å². The van der Waals surface area contributed by atoms with Gasteiger partial charge < -0.3 is 15.0 Å². The third-order valence-electron chi connectivity index (χ3n) is 4.22. The Hall–Kier alpha value is -3.33. The molecule has 0 fully saturated rings. The number of methoxy groups -OCH3 is 1. The molecule has 0 radical (unpaired) electrons. The van der Waals surface area contributed by atoms with Crippen molar-refractivity contribution in [3.8, 4) is 5.69 Å². The maximum atomic E-state index is 12.9. The van der Waals surface area contributed by atoms with Crippen LogP contribution in [0, 0.1) is 0 Å². The quantitative estimate of drug-likeness (QED) is 0.459. The number of carbonyl (C=O) groups excluding carboxylic acids is 2. The number of carbonyl (C=O) groups is 2. The second kappa shape index (κ2) is 9.45. The molecule has 30 heavy (non-hydrogen) atoms. The fourth-order valence-corrected chi connectivity index (χ4v) is 3.69. The van der Waals surface area contributed by atoms with Crippen molar-refractivity contribution in [3.05, 3.63) is 60.4 Å². The van der Waals surface area contributed by atoms with Gasteiger partial charge in [-0.05, 0) is 37.3 Å². The average Bonchev–Trinajstić information content (AvgIpc) is 3.24. The van der Waals surface area contributed by atoms with Gasteiger partial charge in [0.2, 0.25) is 5.95 Å². The molecule has 0 unspecified atom stereocenters. The van der Waals surface area contributed by atoms with E-state index >= 15 is 0 Å². The Morgan fingerprint density at radius 3 is 2.63 bits per heavy atom. The molecule has 1 atom stereocenters. The van der Waals surface area contributed by atoms with Crippen LogP contribution in [0.2, 0.25) is 0 Å². The van der Waals surface area contributed by atoms with Crippen LogP contribution >= 0.6 is 11.8 Å². The number of ether oxygens (including phenoxy) is 1. The van der Waals surface area contributed by atoms with Crippen LogP contribution in [0.1, 0.15) is 17.3 Å². The number of hydrogen-bond donors (Lipinski definition) is 1. The smallest absolute Gasteiger partial charge is 0.318 e. The lowest BCUT2D eigenvalue weighted by molar-refractivity contribution is -0.139. The summed E-state index contributed by atoms with van der Waals surface area (Å²) >= 11 is 1.28. The van der Waals surface area contributed by atoms with Gasteiger partial charge >= 0.3 is 5.97 Å². The molecule has 156 valence electrons. The number of benzene rings is 2. The zero-order valence-corrected chi connectivity index (χ0v) is 18.0. The summed E-state index contributed by atoms with van der Waals surface area (Å²) in [6.45, 7) is 1.74. The van der Waals surface area contributed by atoms with E-state index in [1.807, 2.05) is 49.3 Å². The zero-order chi connectivity index (χ0) is 21.7. The number of hydrogen-bond acceptors (Lipinski definition) is 7. The first-order valence-corrected chi connectivity index (χ1v) is 10.1. The molecule has 8 nitrogen and oxygen atoms in total. The van der Waals surface area contributed by atoms with Gasteiger partial charge in [0.1, 0.15) is 11.6 Å². The lowest BCUT2D eigenvalue weighted by atomic mass is 10.2. The van der Waals surface area contributed by atoms with E-state index in [-0.39, 0.29) is 11.9 Å². The van der Waals surface area contributed by atoms with Gasteiger partial charge in [-0.2, -0.15) is 4.98 Å². The Labute approximate surface area is 179 Å². The van der Waals surface area contributed by atoms with Gasteiger partial charge in [-0.1, -0.05) is 18.2 Å². The predicted molar refractivity (Wildman–Crippen MR) is 117 cm³/mol. The van der Waals surface area contributed by atoms with Crippen LogP contribution in [0.25, 0.3) is 5.69 Å². The van der Waals surface area contributed by atoms with E-state index in [2.05, 4.69) is 15.4 Å². The van der Waals surface area contributed by atoms with E-state index in [1.54, 1.807) is 36.1 Å². The van der Waals surface area contributed by atoms with Crippen molar-refractivity contribution in [3.63, 3.8) is 0 Å². The summed E-state index contributed by atoms with van der Waals surface area (Å²) in [5.41, 5.74) is 1.88. The largest absolute Gasteiger partial charge is 0.468 e. The van der Waals surface area contributed by atoms with Crippen LogP contribution in [0.15, 0.2) is 59.8 Å². The van der Waals surface area contributed by atoms with Crippen molar-refractivity contribution >= 4 is 35.3 Å². The van der Waals surface area contributed by atoms with Gasteiger partial charge in [-0.15, -0.1) is 16.9 Å². The van der Waals surface area contributed by atoms with Gasteiger partial charge in [0.05, 0.1) is 18.4 Å². The number of nitrogens with one attached hydrogen (secondary N) is 1. The van der Waals surface area contributed by atoms with Crippen LogP contribution < -0.4 is 10.2 Å². The second-order valence-corrected chi connectivity index (χ2v) is 8.05. The van der Waals surface area contributed by atoms with E-state index in [0.29, 0.717) is 22.1 Å². The van der Waals surface area contributed by atoms with Crippen molar-refractivity contribution < 1.29 is 14.3 Å². The maximum Gasteiger partial charge on any atom is 0.318 e. The molecule has 1 amide bonds. The van der Waals surface area contributed by atoms with Crippen LogP contribution in [0.5, 0.6) is 0 Å². The third-order valence-corrected chi connectivity index (χ3v) is 5.37. The molecular formula is C21H23N5O3S. The van der Waals surface area contributed by atoms with E-state index in [1.165, 1.54) is 18.9 Å². The molecule has 0 bridgehead atoms. The molecule has 0 saturated carbocycles. The highest BCUT2D eigenvalue weighted by atomic mass is 32.2. The molecule has 0 saturated heterocycles. The highest BCUT2D eigenvalue weighted by Crippen LogP contribution is 2.28. The Morgan fingerprint density at radius 1 is 1.17 bits per heavy atom. The summed E-state index contributed by atoms with van der Waals surface area (Å²) in [6, 6.07) is 14.5. The summed E-state index contributed by atoms with van der Waals surface area (Å²) < 4.78 is 6.42. The highest BCUT2D eigenvalue weighted by molar-refractivity contribution is 8.00. The SMILES string of the molecule is COC(=O)[C@@H](C)Sc1ccccc1C(=O)Nc1cccc(-n2cnc(N(C)C)n2)c1. The zero-order valence-electron chi connectivity index (χ0n) is 17.2. The number of amides is 1. The van der Waals surface area contributed by atoms with Crippen molar-refractivity contribution in [2.24, 2.45) is 0 Å². The molecule has 1 aromatic heterocycles. The molecule has 1 heterocycles. The molecule has 0 spiro atoms. The lowest BCUT2D eigenvalue weighted by Gasteiger charge is -2.13. The number of aromatic nitrogens is 3. The van der Waals surface area contributed by atoms with E-state index in [0.717, 1.165) is 5.69 Å². The molecule has 3 rings (SSSR count). The molecule has 0 aliphatic carbocycles. The first-order valence-electron chi connectivity index (χ1n) is 9.23. The summed E-state index contributed by atoms with van der Waals surface area (Å²) in [4.78, 5) is 31.4. The standard InChI is InChI=1S/C21H23N5O3S/c1-14(20(28)29-4)30-18-11-6-5-10-17(18)19(27)23-15-8-7-9-16(12-15)26-13-22-21(24-26)25(2)3/h5-14H,1-4H3,(H,23,27)/t14-/m1/s1. The van der Waals surface area contributed by atoms with Gasteiger partial charge in [0.25, 0.3) is 5.91 Å². The van der Waals surface area contributed by atoms with Gasteiger partial charge in [-0.25, -0.2) is 4.68 Å². The first-order chi connectivity index (χ1) is 14.4. The van der Waals surface area contributed by atoms with Crippen molar-refractivity contribution in [1.82, 2.24) is 14.8 Å². The summed E-state index contributed by atoms with van der Waals surface area (Å²) in [5, 5.41) is 6.89. The molecule has 0 aliphatic rings. The van der Waals surface area contributed by atoms with Gasteiger partial charge in [-0.3, -0.25) is 9.59 Å². The molecule has 3 aromatic rings. The molecule has 2 aromatic carbocycles. The van der Waals surface area contributed by atoms with E-state index in [9.17, 15) is 9.59 Å². The predicted octanol–water partition coefficient (Wildman–Crippen LogP) is 3.24. The Kier molecular flexibility index (Phi) is 6.73. The first kappa shape index (κ1) is 21.4. The summed E-state index contributed by atoms with van der Waals surface area (Å²) in [6.07, 6.45) is 1.62. The number of thioether (sulfide) groups is 1. The molecule has 1 N–H and O–H groups in total.